The quantitative estimate of drug-likeness (QED) is 0.151. The number of aryl methyl sites for hydroxylation is 2. The zero-order valence-electron chi connectivity index (χ0n) is 23.3. The van der Waals surface area contributed by atoms with E-state index in [2.05, 4.69) is 46.1 Å². The molecule has 10 heteroatoms. The summed E-state index contributed by atoms with van der Waals surface area (Å²) in [6, 6.07) is 4.30. The molecule has 3 heterocycles. The number of carbonyl (C=O) groups excluding carboxylic acids is 1. The average Bonchev–Trinajstić information content (AvgIpc) is 3.85. The molecule has 3 aromatic heterocycles. The molecule has 1 N–H and O–H groups in total. The second-order valence-electron chi connectivity index (χ2n) is 10.4. The van der Waals surface area contributed by atoms with E-state index in [1.54, 1.807) is 18.1 Å². The molecule has 0 aliphatic heterocycles. The highest BCUT2D eigenvalue weighted by atomic mass is 32.2. The zero-order valence-corrected chi connectivity index (χ0v) is 24.1. The number of aldehydes is 1. The molecule has 5 rings (SSSR count). The van der Waals surface area contributed by atoms with Crippen LogP contribution in [-0.2, 0) is 11.3 Å². The molecule has 9 nitrogen and oxygen atoms in total. The van der Waals surface area contributed by atoms with Crippen LogP contribution >= 0.6 is 11.8 Å². The van der Waals surface area contributed by atoms with Crippen LogP contribution in [0.4, 0.5) is 11.5 Å². The lowest BCUT2D eigenvalue weighted by Crippen LogP contribution is -2.32. The van der Waals surface area contributed by atoms with Crippen molar-refractivity contribution >= 4 is 35.4 Å². The van der Waals surface area contributed by atoms with Crippen molar-refractivity contribution < 1.29 is 4.79 Å². The highest BCUT2D eigenvalue weighted by Gasteiger charge is 2.34. The first-order valence-corrected chi connectivity index (χ1v) is 14.7. The molecule has 1 atom stereocenters. The average molecular weight is 545 g/mol. The molecule has 0 saturated heterocycles. The summed E-state index contributed by atoms with van der Waals surface area (Å²) in [5, 5.41) is 3.15. The van der Waals surface area contributed by atoms with Gasteiger partial charge < -0.3 is 10.2 Å². The van der Waals surface area contributed by atoms with Crippen molar-refractivity contribution in [1.82, 2.24) is 30.2 Å². The van der Waals surface area contributed by atoms with Gasteiger partial charge in [-0.2, -0.15) is 0 Å². The summed E-state index contributed by atoms with van der Waals surface area (Å²) < 4.78 is 0. The van der Waals surface area contributed by atoms with Gasteiger partial charge in [-0.1, -0.05) is 6.92 Å². The lowest BCUT2D eigenvalue weighted by Gasteiger charge is -2.28. The van der Waals surface area contributed by atoms with Gasteiger partial charge in [-0.05, 0) is 70.3 Å². The molecule has 39 heavy (non-hydrogen) atoms. The van der Waals surface area contributed by atoms with Crippen molar-refractivity contribution in [2.75, 3.05) is 17.7 Å². The van der Waals surface area contributed by atoms with Gasteiger partial charge in [-0.3, -0.25) is 9.78 Å². The Bertz CT molecular complexity index is 1370. The van der Waals surface area contributed by atoms with Crippen LogP contribution in [0.5, 0.6) is 0 Å². The van der Waals surface area contributed by atoms with Crippen molar-refractivity contribution in [3.63, 3.8) is 0 Å². The number of carbonyl (C=O) groups is 1. The predicted molar refractivity (Wildman–Crippen MR) is 156 cm³/mol. The molecule has 0 bridgehead atoms. The number of nitrogens with one attached hydrogen (secondary N) is 1. The monoisotopic (exact) mass is 544 g/mol. The fourth-order valence-corrected chi connectivity index (χ4v) is 5.36. The molecular weight excluding hydrogens is 508 g/mol. The molecule has 204 valence electrons. The van der Waals surface area contributed by atoms with E-state index in [1.807, 2.05) is 32.2 Å². The van der Waals surface area contributed by atoms with Gasteiger partial charge in [0.15, 0.2) is 23.8 Å². The molecule has 0 unspecified atom stereocenters. The molecule has 2 fully saturated rings. The first-order valence-electron chi connectivity index (χ1n) is 13.7. The summed E-state index contributed by atoms with van der Waals surface area (Å²) in [4.78, 5) is 43.7. The zero-order chi connectivity index (χ0) is 27.5. The third-order valence-electron chi connectivity index (χ3n) is 7.45. The first-order chi connectivity index (χ1) is 18.9. The minimum Gasteiger partial charge on any atom is -0.362 e. The molecule has 2 aliphatic carbocycles. The minimum absolute atomic E-state index is 0.217. The normalized spacial score (nSPS) is 16.2. The van der Waals surface area contributed by atoms with E-state index in [1.165, 1.54) is 12.8 Å². The Morgan fingerprint density at radius 3 is 2.59 bits per heavy atom. The van der Waals surface area contributed by atoms with Crippen LogP contribution in [0.25, 0.3) is 11.4 Å². The lowest BCUT2D eigenvalue weighted by atomic mass is 10.1. The number of aromatic nitrogens is 5. The number of aliphatic imine (C=N–C) groups is 1. The van der Waals surface area contributed by atoms with Gasteiger partial charge >= 0.3 is 0 Å². The second kappa shape index (κ2) is 11.8. The van der Waals surface area contributed by atoms with Crippen molar-refractivity contribution in [2.45, 2.75) is 76.8 Å². The Labute approximate surface area is 234 Å². The van der Waals surface area contributed by atoms with Gasteiger partial charge in [0.2, 0.25) is 0 Å². The Kier molecular flexibility index (Phi) is 8.20. The minimum atomic E-state index is 0.217. The number of nitrogens with zero attached hydrogens (tertiary/aromatic N) is 7. The number of anilines is 1. The maximum Gasteiger partial charge on any atom is 0.185 e. The Balaban J connectivity index is 1.50. The summed E-state index contributed by atoms with van der Waals surface area (Å²) in [6.07, 6.45) is 8.90. The second-order valence-corrected chi connectivity index (χ2v) is 11.7. The SMILES string of the molecule is CCSc1ccc(CN/C(C=O)=N/c2c(C)nc(-c3c(C)ncnc3C3CC3)nc2N(C)[C@@H](C)C2CC2)nc1. The highest BCUT2D eigenvalue weighted by molar-refractivity contribution is 7.99. The molecule has 2 saturated carbocycles. The maximum atomic E-state index is 12.1. The molecule has 0 aromatic carbocycles. The van der Waals surface area contributed by atoms with E-state index in [-0.39, 0.29) is 11.9 Å². The van der Waals surface area contributed by atoms with Crippen LogP contribution in [0.15, 0.2) is 34.5 Å². The molecule has 2 aliphatic rings. The molecule has 0 radical (unpaired) electrons. The van der Waals surface area contributed by atoms with Crippen molar-refractivity contribution in [1.29, 1.82) is 0 Å². The van der Waals surface area contributed by atoms with Crippen LogP contribution in [-0.4, -0.2) is 55.9 Å². The van der Waals surface area contributed by atoms with E-state index in [0.29, 0.717) is 41.4 Å². The molecule has 3 aromatic rings. The summed E-state index contributed by atoms with van der Waals surface area (Å²) in [5.41, 5.74) is 4.94. The summed E-state index contributed by atoms with van der Waals surface area (Å²) in [5.74, 6) is 3.60. The first kappa shape index (κ1) is 27.2. The summed E-state index contributed by atoms with van der Waals surface area (Å²) >= 11 is 1.75. The maximum absolute atomic E-state index is 12.1. The van der Waals surface area contributed by atoms with Crippen LogP contribution < -0.4 is 10.2 Å². The van der Waals surface area contributed by atoms with Gasteiger partial charge in [0.25, 0.3) is 0 Å². The fraction of sp³-hybridized carbons (Fsp3) is 0.483. The van der Waals surface area contributed by atoms with Crippen molar-refractivity contribution in [2.24, 2.45) is 10.9 Å². The summed E-state index contributed by atoms with van der Waals surface area (Å²) in [7, 11) is 2.05. The Morgan fingerprint density at radius 2 is 1.95 bits per heavy atom. The topological polar surface area (TPSA) is 109 Å². The van der Waals surface area contributed by atoms with Gasteiger partial charge in [0.05, 0.1) is 34.9 Å². The van der Waals surface area contributed by atoms with Crippen LogP contribution in [0.1, 0.15) is 68.2 Å². The van der Waals surface area contributed by atoms with E-state index < -0.39 is 0 Å². The van der Waals surface area contributed by atoms with Gasteiger partial charge in [-0.15, -0.1) is 11.8 Å². The number of pyridine rings is 1. The van der Waals surface area contributed by atoms with Crippen molar-refractivity contribution in [3.05, 3.63) is 47.4 Å². The number of thioether (sulfide) groups is 1. The fourth-order valence-electron chi connectivity index (χ4n) is 4.74. The lowest BCUT2D eigenvalue weighted by molar-refractivity contribution is -0.102. The number of hydrogen-bond acceptors (Lipinski definition) is 9. The predicted octanol–water partition coefficient (Wildman–Crippen LogP) is 5.19. The highest BCUT2D eigenvalue weighted by Crippen LogP contribution is 2.44. The number of amidine groups is 1. The van der Waals surface area contributed by atoms with Crippen LogP contribution in [0, 0.1) is 19.8 Å². The third kappa shape index (κ3) is 6.27. The largest absolute Gasteiger partial charge is 0.362 e. The van der Waals surface area contributed by atoms with Crippen LogP contribution in [0.2, 0.25) is 0 Å². The van der Waals surface area contributed by atoms with Gasteiger partial charge in [0, 0.05) is 30.1 Å². The number of hydrogen-bond donors (Lipinski definition) is 1. The van der Waals surface area contributed by atoms with E-state index >= 15 is 0 Å². The van der Waals surface area contributed by atoms with E-state index in [4.69, 9.17) is 15.0 Å². The molecular formula is C29H36N8OS. The molecule has 0 spiro atoms. The van der Waals surface area contributed by atoms with Gasteiger partial charge in [0.1, 0.15) is 12.0 Å². The Morgan fingerprint density at radius 1 is 1.15 bits per heavy atom. The number of rotatable bonds is 11. The van der Waals surface area contributed by atoms with E-state index in [9.17, 15) is 4.79 Å². The third-order valence-corrected chi connectivity index (χ3v) is 8.31. The van der Waals surface area contributed by atoms with Crippen molar-refractivity contribution in [3.8, 4) is 11.4 Å². The smallest absolute Gasteiger partial charge is 0.185 e. The Hall–Kier alpha value is -3.40. The van der Waals surface area contributed by atoms with Gasteiger partial charge in [-0.25, -0.2) is 24.9 Å². The van der Waals surface area contributed by atoms with Crippen LogP contribution in [0.3, 0.4) is 0 Å². The summed E-state index contributed by atoms with van der Waals surface area (Å²) in [6.45, 7) is 8.64. The van der Waals surface area contributed by atoms with E-state index in [0.717, 1.165) is 52.4 Å². The molecule has 0 amide bonds. The standard InChI is InChI=1S/C29H36N8OS/c1-6-39-23-12-11-22(30-14-23)13-31-24(15-38)35-26-18(3)34-28(36-29(26)37(5)19(4)20-7-8-20)25-17(2)32-16-33-27(25)21-9-10-21/h11-12,14-16,19-21H,6-10,13H2,1-5H3,(H,31,35)/t19-/m0/s1.